The average Bonchev–Trinajstić information content (AvgIpc) is 2.60. The molecule has 5 nitrogen and oxygen atoms in total. The molecule has 0 aliphatic rings. The first-order valence-corrected chi connectivity index (χ1v) is 8.33. The van der Waals surface area contributed by atoms with Gasteiger partial charge in [-0.25, -0.2) is 0 Å². The summed E-state index contributed by atoms with van der Waals surface area (Å²) in [5, 5.41) is 2.89. The lowest BCUT2D eigenvalue weighted by atomic mass is 10.1. The number of carbonyl (C=O) groups is 1. The van der Waals surface area contributed by atoms with Gasteiger partial charge >= 0.3 is 0 Å². The molecule has 142 valence electrons. The van der Waals surface area contributed by atoms with E-state index >= 15 is 0 Å². The number of rotatable bonds is 8. The molecule has 6 heteroatoms. The standard InChI is InChI=1S/C20H26N2O3.ClH/c1-14-5-4-6-16(9-14)13-25-17-7-8-19(15(2)10-17)22-20(23)11-18(12-21)24-3;/h4-10,18H,11-13,21H2,1-3H3,(H,22,23);1H. The van der Waals surface area contributed by atoms with E-state index < -0.39 is 0 Å². The first kappa shape index (κ1) is 22.0. The van der Waals surface area contributed by atoms with E-state index in [1.54, 1.807) is 7.11 Å². The van der Waals surface area contributed by atoms with Crippen molar-refractivity contribution in [2.24, 2.45) is 5.73 Å². The predicted molar refractivity (Wildman–Crippen MR) is 107 cm³/mol. The highest BCUT2D eigenvalue weighted by molar-refractivity contribution is 5.91. The van der Waals surface area contributed by atoms with Crippen molar-refractivity contribution in [3.8, 4) is 5.75 Å². The van der Waals surface area contributed by atoms with E-state index in [1.807, 2.05) is 37.3 Å². The van der Waals surface area contributed by atoms with Gasteiger partial charge < -0.3 is 20.5 Å². The van der Waals surface area contributed by atoms with E-state index in [0.29, 0.717) is 13.2 Å². The number of aryl methyl sites for hydroxylation is 2. The van der Waals surface area contributed by atoms with E-state index in [9.17, 15) is 4.79 Å². The maximum atomic E-state index is 12.0. The minimum Gasteiger partial charge on any atom is -0.489 e. The molecule has 0 aliphatic heterocycles. The molecule has 1 unspecified atom stereocenters. The van der Waals surface area contributed by atoms with Crippen LogP contribution in [-0.2, 0) is 16.1 Å². The fraction of sp³-hybridized carbons (Fsp3) is 0.350. The molecule has 0 bridgehead atoms. The Morgan fingerprint density at radius 2 is 1.96 bits per heavy atom. The van der Waals surface area contributed by atoms with Gasteiger partial charge in [0.15, 0.2) is 0 Å². The van der Waals surface area contributed by atoms with Crippen molar-refractivity contribution in [2.45, 2.75) is 33.0 Å². The van der Waals surface area contributed by atoms with Crippen LogP contribution in [0.2, 0.25) is 0 Å². The zero-order valence-electron chi connectivity index (χ0n) is 15.5. The molecule has 2 aromatic rings. The smallest absolute Gasteiger partial charge is 0.227 e. The van der Waals surface area contributed by atoms with E-state index in [-0.39, 0.29) is 30.8 Å². The number of nitrogens with two attached hydrogens (primary N) is 1. The number of nitrogens with one attached hydrogen (secondary N) is 1. The summed E-state index contributed by atoms with van der Waals surface area (Å²) >= 11 is 0. The van der Waals surface area contributed by atoms with Crippen molar-refractivity contribution in [1.29, 1.82) is 0 Å². The van der Waals surface area contributed by atoms with E-state index in [2.05, 4.69) is 24.4 Å². The van der Waals surface area contributed by atoms with Crippen molar-refractivity contribution in [3.05, 3.63) is 59.2 Å². The second-order valence-corrected chi connectivity index (χ2v) is 6.10. The van der Waals surface area contributed by atoms with Crippen LogP contribution in [0.5, 0.6) is 5.75 Å². The summed E-state index contributed by atoms with van der Waals surface area (Å²) in [4.78, 5) is 12.0. The van der Waals surface area contributed by atoms with E-state index in [1.165, 1.54) is 5.56 Å². The maximum absolute atomic E-state index is 12.0. The lowest BCUT2D eigenvalue weighted by Crippen LogP contribution is -2.28. The Morgan fingerprint density at radius 1 is 1.19 bits per heavy atom. The molecule has 0 aromatic heterocycles. The van der Waals surface area contributed by atoms with Crippen LogP contribution in [0.15, 0.2) is 42.5 Å². The summed E-state index contributed by atoms with van der Waals surface area (Å²) in [6, 6.07) is 13.8. The fourth-order valence-corrected chi connectivity index (χ4v) is 2.51. The van der Waals surface area contributed by atoms with Gasteiger partial charge in [0.2, 0.25) is 5.91 Å². The molecule has 0 aliphatic carbocycles. The Morgan fingerprint density at radius 3 is 2.58 bits per heavy atom. The Bertz CT molecular complexity index is 718. The number of hydrogen-bond donors (Lipinski definition) is 2. The highest BCUT2D eigenvalue weighted by Gasteiger charge is 2.12. The highest BCUT2D eigenvalue weighted by atomic mass is 35.5. The molecule has 2 rings (SSSR count). The first-order valence-electron chi connectivity index (χ1n) is 8.33. The van der Waals surface area contributed by atoms with Crippen molar-refractivity contribution < 1.29 is 14.3 Å². The quantitative estimate of drug-likeness (QED) is 0.736. The molecule has 0 saturated carbocycles. The van der Waals surface area contributed by atoms with Crippen LogP contribution in [0, 0.1) is 13.8 Å². The van der Waals surface area contributed by atoms with Gasteiger partial charge in [-0.05, 0) is 43.2 Å². The van der Waals surface area contributed by atoms with Crippen molar-refractivity contribution in [2.75, 3.05) is 19.0 Å². The van der Waals surface area contributed by atoms with Crippen LogP contribution >= 0.6 is 12.4 Å². The molecule has 1 atom stereocenters. The number of amides is 1. The van der Waals surface area contributed by atoms with E-state index in [0.717, 1.165) is 22.6 Å². The Hall–Kier alpha value is -2.08. The van der Waals surface area contributed by atoms with Gasteiger partial charge in [0.05, 0.1) is 12.5 Å². The van der Waals surface area contributed by atoms with Crippen LogP contribution in [0.1, 0.15) is 23.1 Å². The number of ether oxygens (including phenoxy) is 2. The lowest BCUT2D eigenvalue weighted by Gasteiger charge is -2.14. The van der Waals surface area contributed by atoms with Crippen LogP contribution in [0.4, 0.5) is 5.69 Å². The van der Waals surface area contributed by atoms with Crippen molar-refractivity contribution in [1.82, 2.24) is 0 Å². The summed E-state index contributed by atoms with van der Waals surface area (Å²) < 4.78 is 11.0. The van der Waals surface area contributed by atoms with E-state index in [4.69, 9.17) is 15.2 Å². The molecule has 1 amide bonds. The molecule has 3 N–H and O–H groups in total. The molecule has 0 fully saturated rings. The average molecular weight is 379 g/mol. The summed E-state index contributed by atoms with van der Waals surface area (Å²) in [7, 11) is 1.55. The van der Waals surface area contributed by atoms with Gasteiger partial charge in [0, 0.05) is 19.3 Å². The summed E-state index contributed by atoms with van der Waals surface area (Å²) in [5.74, 6) is 0.655. The highest BCUT2D eigenvalue weighted by Crippen LogP contribution is 2.22. The Labute approximate surface area is 161 Å². The van der Waals surface area contributed by atoms with Crippen LogP contribution < -0.4 is 15.8 Å². The molecule has 0 spiro atoms. The molecule has 0 saturated heterocycles. The summed E-state index contributed by atoms with van der Waals surface area (Å²) in [5.41, 5.74) is 9.59. The minimum atomic E-state index is -0.266. The second-order valence-electron chi connectivity index (χ2n) is 6.10. The second kappa shape index (κ2) is 10.8. The SMILES string of the molecule is COC(CN)CC(=O)Nc1ccc(OCc2cccc(C)c2)cc1C.Cl. The third kappa shape index (κ3) is 6.67. The van der Waals surface area contributed by atoms with Crippen molar-refractivity contribution >= 4 is 24.0 Å². The van der Waals surface area contributed by atoms with Gasteiger partial charge in [-0.2, -0.15) is 0 Å². The molecular formula is C20H27ClN2O3. The summed E-state index contributed by atoms with van der Waals surface area (Å²) in [6.45, 7) is 4.82. The van der Waals surface area contributed by atoms with Crippen molar-refractivity contribution in [3.63, 3.8) is 0 Å². The Kier molecular flexibility index (Phi) is 9.13. The van der Waals surface area contributed by atoms with Gasteiger partial charge in [-0.3, -0.25) is 4.79 Å². The Balaban J connectivity index is 0.00000338. The number of carbonyl (C=O) groups excluding carboxylic acids is 1. The van der Waals surface area contributed by atoms with Gasteiger partial charge in [-0.15, -0.1) is 12.4 Å². The third-order valence-electron chi connectivity index (χ3n) is 3.97. The predicted octanol–water partition coefficient (Wildman–Crippen LogP) is 3.61. The first-order chi connectivity index (χ1) is 12.0. The molecular weight excluding hydrogens is 352 g/mol. The van der Waals surface area contributed by atoms with Crippen LogP contribution in [0.3, 0.4) is 0 Å². The maximum Gasteiger partial charge on any atom is 0.227 e. The van der Waals surface area contributed by atoms with Crippen LogP contribution in [-0.4, -0.2) is 25.7 Å². The number of methoxy groups -OCH3 is 1. The molecule has 0 radical (unpaired) electrons. The molecule has 0 heterocycles. The zero-order chi connectivity index (χ0) is 18.2. The summed E-state index contributed by atoms with van der Waals surface area (Å²) in [6.07, 6.45) is -0.0323. The monoisotopic (exact) mass is 378 g/mol. The fourth-order valence-electron chi connectivity index (χ4n) is 2.51. The van der Waals surface area contributed by atoms with Crippen LogP contribution in [0.25, 0.3) is 0 Å². The van der Waals surface area contributed by atoms with Gasteiger partial charge in [0.25, 0.3) is 0 Å². The molecule has 26 heavy (non-hydrogen) atoms. The molecule has 2 aromatic carbocycles. The van der Waals surface area contributed by atoms with Gasteiger partial charge in [0.1, 0.15) is 12.4 Å². The number of benzene rings is 2. The number of halogens is 1. The lowest BCUT2D eigenvalue weighted by molar-refractivity contribution is -0.118. The topological polar surface area (TPSA) is 73.6 Å². The zero-order valence-corrected chi connectivity index (χ0v) is 16.3. The minimum absolute atomic E-state index is 0. The third-order valence-corrected chi connectivity index (χ3v) is 3.97. The number of anilines is 1. The largest absolute Gasteiger partial charge is 0.489 e. The normalized spacial score (nSPS) is 11.4. The number of hydrogen-bond acceptors (Lipinski definition) is 4. The van der Waals surface area contributed by atoms with Gasteiger partial charge in [-0.1, -0.05) is 29.8 Å².